The van der Waals surface area contributed by atoms with Crippen molar-refractivity contribution in [2.75, 3.05) is 18.5 Å². The first-order valence-corrected chi connectivity index (χ1v) is 7.63. The molecule has 21 heavy (non-hydrogen) atoms. The summed E-state index contributed by atoms with van der Waals surface area (Å²) in [5.41, 5.74) is 3.88. The Morgan fingerprint density at radius 1 is 1.14 bits per heavy atom. The minimum absolute atomic E-state index is 0.117. The molecule has 1 N–H and O–H groups in total. The number of fused-ring (bicyclic) bond motifs is 2. The van der Waals surface area contributed by atoms with Gasteiger partial charge in [0.05, 0.1) is 0 Å². The Morgan fingerprint density at radius 2 is 2.10 bits per heavy atom. The van der Waals surface area contributed by atoms with Crippen molar-refractivity contribution in [2.45, 2.75) is 25.4 Å². The molecule has 4 rings (SSSR count). The van der Waals surface area contributed by atoms with Gasteiger partial charge in [-0.2, -0.15) is 0 Å². The number of hydrogen-bond donors (Lipinski definition) is 1. The van der Waals surface area contributed by atoms with Gasteiger partial charge in [0.15, 0.2) is 0 Å². The minimum Gasteiger partial charge on any atom is -0.490 e. The van der Waals surface area contributed by atoms with Gasteiger partial charge < -0.3 is 14.8 Å². The molecule has 1 unspecified atom stereocenters. The quantitative estimate of drug-likeness (QED) is 0.935. The molecule has 2 aromatic rings. The number of rotatable bonds is 3. The third-order valence-corrected chi connectivity index (χ3v) is 4.17. The van der Waals surface area contributed by atoms with Gasteiger partial charge in [-0.25, -0.2) is 0 Å². The molecule has 0 fully saturated rings. The second-order valence-corrected chi connectivity index (χ2v) is 5.71. The highest BCUT2D eigenvalue weighted by atomic mass is 16.5. The molecule has 0 aliphatic carbocycles. The van der Waals surface area contributed by atoms with E-state index in [1.807, 2.05) is 12.1 Å². The summed E-state index contributed by atoms with van der Waals surface area (Å²) < 4.78 is 11.8. The highest BCUT2D eigenvalue weighted by molar-refractivity contribution is 5.56. The molecule has 0 radical (unpaired) electrons. The molecule has 0 bridgehead atoms. The first-order chi connectivity index (χ1) is 10.4. The van der Waals surface area contributed by atoms with Crippen molar-refractivity contribution in [2.24, 2.45) is 0 Å². The van der Waals surface area contributed by atoms with Gasteiger partial charge in [-0.05, 0) is 36.1 Å². The zero-order valence-electron chi connectivity index (χ0n) is 12.0. The van der Waals surface area contributed by atoms with Crippen LogP contribution >= 0.6 is 0 Å². The van der Waals surface area contributed by atoms with E-state index >= 15 is 0 Å². The Morgan fingerprint density at radius 3 is 3.05 bits per heavy atom. The number of hydrogen-bond acceptors (Lipinski definition) is 3. The van der Waals surface area contributed by atoms with E-state index in [1.165, 1.54) is 23.2 Å². The summed E-state index contributed by atoms with van der Waals surface area (Å²) in [5.74, 6) is 1.92. The molecular weight excluding hydrogens is 262 g/mol. The number of aryl methyl sites for hydroxylation is 1. The highest BCUT2D eigenvalue weighted by Crippen LogP contribution is 2.30. The maximum atomic E-state index is 5.92. The maximum Gasteiger partial charge on any atom is 0.137 e. The molecule has 0 aromatic heterocycles. The van der Waals surface area contributed by atoms with E-state index in [0.717, 1.165) is 30.9 Å². The van der Waals surface area contributed by atoms with Crippen LogP contribution in [0.25, 0.3) is 0 Å². The Kier molecular flexibility index (Phi) is 3.18. The van der Waals surface area contributed by atoms with E-state index < -0.39 is 0 Å². The van der Waals surface area contributed by atoms with Gasteiger partial charge in [-0.3, -0.25) is 0 Å². The number of anilines is 1. The largest absolute Gasteiger partial charge is 0.490 e. The van der Waals surface area contributed by atoms with Gasteiger partial charge >= 0.3 is 0 Å². The predicted octanol–water partition coefficient (Wildman–Crippen LogP) is 3.43. The van der Waals surface area contributed by atoms with E-state index in [1.54, 1.807) is 0 Å². The van der Waals surface area contributed by atoms with Crippen LogP contribution in [0.2, 0.25) is 0 Å². The summed E-state index contributed by atoms with van der Waals surface area (Å²) in [6, 6.07) is 14.6. The fourth-order valence-corrected chi connectivity index (χ4v) is 3.07. The Balaban J connectivity index is 1.40. The smallest absolute Gasteiger partial charge is 0.137 e. The van der Waals surface area contributed by atoms with Crippen molar-refractivity contribution >= 4 is 5.69 Å². The van der Waals surface area contributed by atoms with Crippen molar-refractivity contribution in [3.8, 4) is 11.5 Å². The fourth-order valence-electron chi connectivity index (χ4n) is 3.07. The Labute approximate surface area is 124 Å². The molecule has 0 saturated carbocycles. The lowest BCUT2D eigenvalue weighted by atomic mass is 10.0. The summed E-state index contributed by atoms with van der Waals surface area (Å²) in [4.78, 5) is 0. The predicted molar refractivity (Wildman–Crippen MR) is 83.3 cm³/mol. The molecule has 0 saturated heterocycles. The van der Waals surface area contributed by atoms with E-state index in [4.69, 9.17) is 9.47 Å². The molecule has 0 amide bonds. The van der Waals surface area contributed by atoms with Crippen molar-refractivity contribution < 1.29 is 9.47 Å². The van der Waals surface area contributed by atoms with E-state index in [0.29, 0.717) is 6.61 Å². The molecular formula is C18H19NO2. The van der Waals surface area contributed by atoms with Gasteiger partial charge in [-0.15, -0.1) is 0 Å². The second kappa shape index (κ2) is 5.32. The normalized spacial score (nSPS) is 19.1. The summed E-state index contributed by atoms with van der Waals surface area (Å²) >= 11 is 0. The van der Waals surface area contributed by atoms with Crippen LogP contribution in [0, 0.1) is 0 Å². The fraction of sp³-hybridized carbons (Fsp3) is 0.333. The monoisotopic (exact) mass is 281 g/mol. The Bertz CT molecular complexity index is 628. The van der Waals surface area contributed by atoms with E-state index in [9.17, 15) is 0 Å². The molecule has 108 valence electrons. The zero-order valence-corrected chi connectivity index (χ0v) is 12.0. The average Bonchev–Trinajstić information content (AvgIpc) is 2.95. The average molecular weight is 281 g/mol. The summed E-state index contributed by atoms with van der Waals surface area (Å²) in [5, 5.41) is 3.43. The summed E-state index contributed by atoms with van der Waals surface area (Å²) in [7, 11) is 0. The molecule has 1 atom stereocenters. The van der Waals surface area contributed by atoms with Crippen LogP contribution in [0.4, 0.5) is 5.69 Å². The van der Waals surface area contributed by atoms with Crippen LogP contribution in [0.5, 0.6) is 11.5 Å². The van der Waals surface area contributed by atoms with Crippen molar-refractivity contribution in [3.05, 3.63) is 53.6 Å². The minimum atomic E-state index is 0.117. The van der Waals surface area contributed by atoms with Gasteiger partial charge in [0.2, 0.25) is 0 Å². The number of para-hydroxylation sites is 1. The number of nitrogens with one attached hydrogen (secondary N) is 1. The van der Waals surface area contributed by atoms with Crippen LogP contribution in [0.3, 0.4) is 0 Å². The third kappa shape index (κ3) is 2.56. The molecule has 2 heterocycles. The Hall–Kier alpha value is -2.16. The van der Waals surface area contributed by atoms with Crippen LogP contribution in [-0.4, -0.2) is 19.3 Å². The van der Waals surface area contributed by atoms with Crippen LogP contribution < -0.4 is 14.8 Å². The topological polar surface area (TPSA) is 30.5 Å². The lowest BCUT2D eigenvalue weighted by Crippen LogP contribution is -2.22. The van der Waals surface area contributed by atoms with Crippen molar-refractivity contribution in [3.63, 3.8) is 0 Å². The van der Waals surface area contributed by atoms with Gasteiger partial charge in [0.1, 0.15) is 24.2 Å². The molecule has 2 aliphatic rings. The molecule has 2 aromatic carbocycles. The molecule has 0 spiro atoms. The number of ether oxygens (including phenoxy) is 2. The first kappa shape index (κ1) is 12.6. The molecule has 3 heteroatoms. The summed E-state index contributed by atoms with van der Waals surface area (Å²) in [6.07, 6.45) is 3.41. The lowest BCUT2D eigenvalue weighted by Gasteiger charge is -2.19. The summed E-state index contributed by atoms with van der Waals surface area (Å²) in [6.45, 7) is 1.64. The lowest BCUT2D eigenvalue weighted by molar-refractivity contribution is 0.148. The SMILES string of the molecule is c1ccc2c(c1)CC(COc1ccc3c(c1)NCCC3)O2. The van der Waals surface area contributed by atoms with Gasteiger partial charge in [0.25, 0.3) is 0 Å². The highest BCUT2D eigenvalue weighted by Gasteiger charge is 2.22. The standard InChI is InChI=1S/C18H19NO2/c1-2-6-18-14(4-1)10-16(21-18)12-20-15-8-7-13-5-3-9-19-17(13)11-15/h1-2,4,6-8,11,16,19H,3,5,9-10,12H2. The van der Waals surface area contributed by atoms with Crippen LogP contribution in [-0.2, 0) is 12.8 Å². The third-order valence-electron chi connectivity index (χ3n) is 4.17. The second-order valence-electron chi connectivity index (χ2n) is 5.71. The van der Waals surface area contributed by atoms with Crippen LogP contribution in [0.15, 0.2) is 42.5 Å². The van der Waals surface area contributed by atoms with E-state index in [2.05, 4.69) is 35.6 Å². The first-order valence-electron chi connectivity index (χ1n) is 7.63. The van der Waals surface area contributed by atoms with Crippen molar-refractivity contribution in [1.82, 2.24) is 0 Å². The van der Waals surface area contributed by atoms with Gasteiger partial charge in [0, 0.05) is 24.7 Å². The molecule has 2 aliphatic heterocycles. The van der Waals surface area contributed by atoms with Crippen molar-refractivity contribution in [1.29, 1.82) is 0 Å². The van der Waals surface area contributed by atoms with Gasteiger partial charge in [-0.1, -0.05) is 24.3 Å². The maximum absolute atomic E-state index is 5.92. The molecule has 3 nitrogen and oxygen atoms in total. The van der Waals surface area contributed by atoms with E-state index in [-0.39, 0.29) is 6.10 Å². The van der Waals surface area contributed by atoms with Crippen LogP contribution in [0.1, 0.15) is 17.5 Å². The zero-order chi connectivity index (χ0) is 14.1. The number of benzene rings is 2.